The summed E-state index contributed by atoms with van der Waals surface area (Å²) in [6.45, 7) is 6.40. The molecule has 1 aliphatic rings. The van der Waals surface area contributed by atoms with Crippen molar-refractivity contribution in [1.82, 2.24) is 14.8 Å². The molecular formula is C20H26F2N4O3. The van der Waals surface area contributed by atoms with Gasteiger partial charge in [0.05, 0.1) is 24.2 Å². The standard InChI is InChI=1S/C20H26F2N4O3/c1-20(21,22)14-2-3-15-17(12-14)24-19(29)16(18(15)28)13-23-4-5-25-6-8-26(9-7-25)10-11-27/h2-3,12-13,27H,4-11H2,1H3,(H2,24,28,29). The monoisotopic (exact) mass is 408 g/mol. The van der Waals surface area contributed by atoms with Crippen LogP contribution >= 0.6 is 0 Å². The average Bonchev–Trinajstić information content (AvgIpc) is 2.67. The number of aliphatic hydroxyl groups excluding tert-OH is 1. The molecule has 0 amide bonds. The van der Waals surface area contributed by atoms with Crippen LogP contribution in [0.5, 0.6) is 5.75 Å². The quantitative estimate of drug-likeness (QED) is 0.602. The van der Waals surface area contributed by atoms with Gasteiger partial charge in [0.1, 0.15) is 5.75 Å². The summed E-state index contributed by atoms with van der Waals surface area (Å²) in [5.74, 6) is -3.30. The van der Waals surface area contributed by atoms with E-state index in [2.05, 4.69) is 19.8 Å². The molecule has 1 aromatic heterocycles. The number of piperazine rings is 1. The highest BCUT2D eigenvalue weighted by molar-refractivity contribution is 5.94. The van der Waals surface area contributed by atoms with E-state index in [1.807, 2.05) is 0 Å². The summed E-state index contributed by atoms with van der Waals surface area (Å²) in [7, 11) is 0. The smallest absolute Gasteiger partial charge is 0.270 e. The average molecular weight is 408 g/mol. The summed E-state index contributed by atoms with van der Waals surface area (Å²) >= 11 is 0. The number of aliphatic imine (C=N–C) groups is 1. The zero-order valence-corrected chi connectivity index (χ0v) is 16.4. The summed E-state index contributed by atoms with van der Waals surface area (Å²) in [5, 5.41) is 19.7. The fourth-order valence-electron chi connectivity index (χ4n) is 3.42. The van der Waals surface area contributed by atoms with Crippen molar-refractivity contribution in [2.75, 3.05) is 52.4 Å². The lowest BCUT2D eigenvalue weighted by Crippen LogP contribution is -2.47. The molecule has 0 radical (unpaired) electrons. The molecule has 3 N–H and O–H groups in total. The number of H-pyrrole nitrogens is 1. The molecule has 1 saturated heterocycles. The summed E-state index contributed by atoms with van der Waals surface area (Å²) in [6.07, 6.45) is 1.33. The van der Waals surface area contributed by atoms with E-state index in [-0.39, 0.29) is 29.0 Å². The molecule has 0 atom stereocenters. The van der Waals surface area contributed by atoms with Gasteiger partial charge in [-0.3, -0.25) is 19.6 Å². The first-order valence-corrected chi connectivity index (χ1v) is 9.62. The van der Waals surface area contributed by atoms with Crippen molar-refractivity contribution in [2.45, 2.75) is 12.8 Å². The minimum Gasteiger partial charge on any atom is -0.506 e. The number of pyridine rings is 1. The van der Waals surface area contributed by atoms with Crippen LogP contribution in [0.25, 0.3) is 10.9 Å². The number of halogens is 2. The Kier molecular flexibility index (Phi) is 6.61. The maximum Gasteiger partial charge on any atom is 0.270 e. The second kappa shape index (κ2) is 8.98. The predicted molar refractivity (Wildman–Crippen MR) is 108 cm³/mol. The normalized spacial score (nSPS) is 16.8. The summed E-state index contributed by atoms with van der Waals surface area (Å²) in [4.78, 5) is 23.5. The number of aromatic hydroxyl groups is 1. The van der Waals surface area contributed by atoms with Crippen molar-refractivity contribution in [3.05, 3.63) is 39.7 Å². The van der Waals surface area contributed by atoms with Gasteiger partial charge in [-0.25, -0.2) is 8.78 Å². The van der Waals surface area contributed by atoms with Crippen LogP contribution in [0.3, 0.4) is 0 Å². The Balaban J connectivity index is 1.66. The number of nitrogens with zero attached hydrogens (tertiary/aromatic N) is 3. The number of fused-ring (bicyclic) bond motifs is 1. The maximum absolute atomic E-state index is 13.5. The first-order chi connectivity index (χ1) is 13.8. The number of hydrogen-bond donors (Lipinski definition) is 3. The van der Waals surface area contributed by atoms with Crippen LogP contribution in [-0.2, 0) is 5.92 Å². The molecular weight excluding hydrogens is 382 g/mol. The predicted octanol–water partition coefficient (Wildman–Crippen LogP) is 1.37. The van der Waals surface area contributed by atoms with Crippen LogP contribution < -0.4 is 5.56 Å². The van der Waals surface area contributed by atoms with Gasteiger partial charge in [-0.05, 0) is 12.1 Å². The Morgan fingerprint density at radius 2 is 1.86 bits per heavy atom. The Labute approximate surface area is 167 Å². The van der Waals surface area contributed by atoms with Crippen molar-refractivity contribution >= 4 is 17.1 Å². The van der Waals surface area contributed by atoms with Crippen molar-refractivity contribution in [1.29, 1.82) is 0 Å². The number of β-amino-alcohol motifs (C(OH)–C–C–N with tert-alkyl or cyclic N) is 1. The number of aliphatic hydroxyl groups is 1. The van der Waals surface area contributed by atoms with Crippen LogP contribution in [0.15, 0.2) is 28.0 Å². The van der Waals surface area contributed by atoms with E-state index in [4.69, 9.17) is 5.11 Å². The van der Waals surface area contributed by atoms with Gasteiger partial charge in [0.25, 0.3) is 11.5 Å². The third-order valence-corrected chi connectivity index (χ3v) is 5.18. The van der Waals surface area contributed by atoms with E-state index in [0.29, 0.717) is 18.5 Å². The highest BCUT2D eigenvalue weighted by Crippen LogP contribution is 2.31. The molecule has 7 nitrogen and oxygen atoms in total. The van der Waals surface area contributed by atoms with Gasteiger partial charge >= 0.3 is 0 Å². The van der Waals surface area contributed by atoms with Crippen LogP contribution in [0, 0.1) is 0 Å². The fraction of sp³-hybridized carbons (Fsp3) is 0.500. The number of rotatable bonds is 7. The largest absolute Gasteiger partial charge is 0.506 e. The Hall–Kier alpha value is -2.36. The third-order valence-electron chi connectivity index (χ3n) is 5.18. The molecule has 9 heteroatoms. The van der Waals surface area contributed by atoms with Gasteiger partial charge in [-0.2, -0.15) is 0 Å². The highest BCUT2D eigenvalue weighted by Gasteiger charge is 2.25. The lowest BCUT2D eigenvalue weighted by atomic mass is 10.0. The zero-order chi connectivity index (χ0) is 21.0. The number of alkyl halides is 2. The van der Waals surface area contributed by atoms with Crippen molar-refractivity contribution in [2.24, 2.45) is 4.99 Å². The molecule has 0 unspecified atom stereocenters. The number of benzene rings is 1. The number of aromatic amines is 1. The molecule has 0 aliphatic carbocycles. The number of aromatic nitrogens is 1. The van der Waals surface area contributed by atoms with E-state index >= 15 is 0 Å². The molecule has 0 bridgehead atoms. The lowest BCUT2D eigenvalue weighted by Gasteiger charge is -2.33. The third kappa shape index (κ3) is 5.17. The lowest BCUT2D eigenvalue weighted by molar-refractivity contribution is 0.0176. The topological polar surface area (TPSA) is 92.2 Å². The van der Waals surface area contributed by atoms with Crippen LogP contribution in [0.4, 0.5) is 8.78 Å². The van der Waals surface area contributed by atoms with E-state index in [0.717, 1.165) is 39.6 Å². The fourth-order valence-corrected chi connectivity index (χ4v) is 3.42. The van der Waals surface area contributed by atoms with Gasteiger partial charge in [0, 0.05) is 63.4 Å². The van der Waals surface area contributed by atoms with Crippen LogP contribution in [0.2, 0.25) is 0 Å². The van der Waals surface area contributed by atoms with Crippen molar-refractivity contribution in [3.8, 4) is 5.75 Å². The second-order valence-electron chi connectivity index (χ2n) is 7.31. The first kappa shape index (κ1) is 21.4. The highest BCUT2D eigenvalue weighted by atomic mass is 19.3. The Morgan fingerprint density at radius 1 is 1.21 bits per heavy atom. The van der Waals surface area contributed by atoms with Crippen molar-refractivity contribution < 1.29 is 19.0 Å². The minimum absolute atomic E-state index is 0.0151. The van der Waals surface area contributed by atoms with Gasteiger partial charge in [0.15, 0.2) is 0 Å². The molecule has 158 valence electrons. The molecule has 29 heavy (non-hydrogen) atoms. The van der Waals surface area contributed by atoms with Gasteiger partial charge < -0.3 is 15.2 Å². The molecule has 1 aromatic carbocycles. The molecule has 2 heterocycles. The van der Waals surface area contributed by atoms with Crippen LogP contribution in [0.1, 0.15) is 18.1 Å². The van der Waals surface area contributed by atoms with E-state index in [9.17, 15) is 18.7 Å². The van der Waals surface area contributed by atoms with Gasteiger partial charge in [-0.15, -0.1) is 0 Å². The summed E-state index contributed by atoms with van der Waals surface area (Å²) in [5.41, 5.74) is -0.640. The summed E-state index contributed by atoms with van der Waals surface area (Å²) in [6, 6.07) is 3.78. The van der Waals surface area contributed by atoms with E-state index < -0.39 is 11.5 Å². The summed E-state index contributed by atoms with van der Waals surface area (Å²) < 4.78 is 27.0. The SMILES string of the molecule is CC(F)(F)c1ccc2c(O)c(C=NCCN3CCN(CCO)CC3)c(=O)[nH]c2c1. The van der Waals surface area contributed by atoms with E-state index in [1.165, 1.54) is 24.4 Å². The van der Waals surface area contributed by atoms with Gasteiger partial charge in [0.2, 0.25) is 0 Å². The Bertz CT molecular complexity index is 932. The molecule has 1 fully saturated rings. The molecule has 0 saturated carbocycles. The second-order valence-corrected chi connectivity index (χ2v) is 7.31. The number of nitrogens with one attached hydrogen (secondary N) is 1. The minimum atomic E-state index is -3.04. The Morgan fingerprint density at radius 3 is 2.48 bits per heavy atom. The molecule has 0 spiro atoms. The van der Waals surface area contributed by atoms with E-state index in [1.54, 1.807) is 0 Å². The van der Waals surface area contributed by atoms with Crippen molar-refractivity contribution in [3.63, 3.8) is 0 Å². The first-order valence-electron chi connectivity index (χ1n) is 9.62. The maximum atomic E-state index is 13.5. The van der Waals surface area contributed by atoms with Crippen LogP contribution in [-0.4, -0.2) is 83.6 Å². The zero-order valence-electron chi connectivity index (χ0n) is 16.4. The van der Waals surface area contributed by atoms with Gasteiger partial charge in [-0.1, -0.05) is 6.07 Å². The molecule has 1 aliphatic heterocycles. The molecule has 3 rings (SSSR count). The number of hydrogen-bond acceptors (Lipinski definition) is 6. The molecule has 2 aromatic rings.